The van der Waals surface area contributed by atoms with E-state index in [1.54, 1.807) is 17.5 Å². The standard InChI is InChI=1S/C13H18N2O4S/c1-2-19-9-6-8(7-9)14-13(18)15-11(12(16)17)10-4-3-5-20-10/h3-5,8-9,11H,2,6-7H2,1H3,(H,16,17)(H2,14,15,18). The van der Waals surface area contributed by atoms with Crippen LogP contribution in [0.2, 0.25) is 0 Å². The Morgan fingerprint density at radius 3 is 2.85 bits per heavy atom. The van der Waals surface area contributed by atoms with Gasteiger partial charge in [-0.15, -0.1) is 11.3 Å². The van der Waals surface area contributed by atoms with Crippen molar-refractivity contribution in [1.82, 2.24) is 10.6 Å². The summed E-state index contributed by atoms with van der Waals surface area (Å²) in [5.41, 5.74) is 0. The first-order valence-corrected chi connectivity index (χ1v) is 7.43. The molecule has 2 rings (SSSR count). The SMILES string of the molecule is CCOC1CC(NC(=O)NC(C(=O)O)c2cccs2)C1. The topological polar surface area (TPSA) is 87.7 Å². The van der Waals surface area contributed by atoms with E-state index in [0.29, 0.717) is 11.5 Å². The number of amides is 2. The van der Waals surface area contributed by atoms with Crippen molar-refractivity contribution in [3.63, 3.8) is 0 Å². The van der Waals surface area contributed by atoms with Gasteiger partial charge in [-0.3, -0.25) is 0 Å². The Kier molecular flexibility index (Phi) is 4.97. The third-order valence-electron chi connectivity index (χ3n) is 3.18. The highest BCUT2D eigenvalue weighted by atomic mass is 32.1. The van der Waals surface area contributed by atoms with Crippen LogP contribution in [-0.2, 0) is 9.53 Å². The number of carboxylic acid groups (broad SMARTS) is 1. The Morgan fingerprint density at radius 1 is 1.55 bits per heavy atom. The molecule has 1 aromatic rings. The van der Waals surface area contributed by atoms with Crippen LogP contribution in [0.25, 0.3) is 0 Å². The maximum atomic E-state index is 11.8. The van der Waals surface area contributed by atoms with E-state index in [4.69, 9.17) is 9.84 Å². The molecule has 1 unspecified atom stereocenters. The summed E-state index contributed by atoms with van der Waals surface area (Å²) in [7, 11) is 0. The van der Waals surface area contributed by atoms with Gasteiger partial charge in [0.15, 0.2) is 6.04 Å². The van der Waals surface area contributed by atoms with Crippen molar-refractivity contribution in [2.24, 2.45) is 0 Å². The van der Waals surface area contributed by atoms with Crippen LogP contribution < -0.4 is 10.6 Å². The molecule has 1 fully saturated rings. The van der Waals surface area contributed by atoms with E-state index in [1.807, 2.05) is 6.92 Å². The number of ether oxygens (including phenoxy) is 1. The van der Waals surface area contributed by atoms with Gasteiger partial charge in [0.05, 0.1) is 6.10 Å². The maximum Gasteiger partial charge on any atom is 0.331 e. The van der Waals surface area contributed by atoms with Gasteiger partial charge in [-0.1, -0.05) is 6.07 Å². The molecule has 0 saturated heterocycles. The maximum absolute atomic E-state index is 11.8. The summed E-state index contributed by atoms with van der Waals surface area (Å²) in [5.74, 6) is -1.07. The summed E-state index contributed by atoms with van der Waals surface area (Å²) >= 11 is 1.30. The smallest absolute Gasteiger partial charge is 0.331 e. The number of thiophene rings is 1. The van der Waals surface area contributed by atoms with Crippen molar-refractivity contribution < 1.29 is 19.4 Å². The van der Waals surface area contributed by atoms with E-state index in [2.05, 4.69) is 10.6 Å². The van der Waals surface area contributed by atoms with Crippen LogP contribution in [0.1, 0.15) is 30.7 Å². The molecule has 1 aromatic heterocycles. The zero-order valence-electron chi connectivity index (χ0n) is 11.2. The van der Waals surface area contributed by atoms with E-state index < -0.39 is 18.0 Å². The minimum atomic E-state index is -1.07. The van der Waals surface area contributed by atoms with Gasteiger partial charge in [0, 0.05) is 17.5 Å². The van der Waals surface area contributed by atoms with Gasteiger partial charge in [-0.25, -0.2) is 9.59 Å². The highest BCUT2D eigenvalue weighted by Crippen LogP contribution is 2.23. The lowest BCUT2D eigenvalue weighted by molar-refractivity contribution is -0.139. The molecule has 1 atom stereocenters. The van der Waals surface area contributed by atoms with Crippen molar-refractivity contribution in [1.29, 1.82) is 0 Å². The van der Waals surface area contributed by atoms with Gasteiger partial charge < -0.3 is 20.5 Å². The highest BCUT2D eigenvalue weighted by molar-refractivity contribution is 7.10. The number of carbonyl (C=O) groups is 2. The van der Waals surface area contributed by atoms with E-state index in [9.17, 15) is 9.59 Å². The summed E-state index contributed by atoms with van der Waals surface area (Å²) in [4.78, 5) is 23.6. The normalized spacial score (nSPS) is 22.6. The Morgan fingerprint density at radius 2 is 2.30 bits per heavy atom. The third kappa shape index (κ3) is 3.71. The van der Waals surface area contributed by atoms with E-state index in [0.717, 1.165) is 12.8 Å². The minimum Gasteiger partial charge on any atom is -0.479 e. The fourth-order valence-electron chi connectivity index (χ4n) is 2.12. The van der Waals surface area contributed by atoms with Crippen molar-refractivity contribution >= 4 is 23.3 Å². The van der Waals surface area contributed by atoms with Crippen LogP contribution in [0.15, 0.2) is 17.5 Å². The predicted octanol–water partition coefficient (Wildman–Crippen LogP) is 1.74. The number of urea groups is 1. The molecule has 0 radical (unpaired) electrons. The van der Waals surface area contributed by atoms with Gasteiger partial charge in [-0.2, -0.15) is 0 Å². The molecule has 1 saturated carbocycles. The molecule has 0 aromatic carbocycles. The molecule has 3 N–H and O–H groups in total. The molecule has 6 nitrogen and oxygen atoms in total. The van der Waals surface area contributed by atoms with Gasteiger partial charge in [0.1, 0.15) is 0 Å². The number of aliphatic carboxylic acids is 1. The summed E-state index contributed by atoms with van der Waals surface area (Å²) in [6, 6.07) is 2.06. The molecule has 0 spiro atoms. The molecular formula is C13H18N2O4S. The average molecular weight is 298 g/mol. The van der Waals surface area contributed by atoms with E-state index in [1.165, 1.54) is 11.3 Å². The van der Waals surface area contributed by atoms with Crippen molar-refractivity contribution in [2.75, 3.05) is 6.61 Å². The number of nitrogens with one attached hydrogen (secondary N) is 2. The number of hydrogen-bond acceptors (Lipinski definition) is 4. The Labute approximate surface area is 121 Å². The molecule has 110 valence electrons. The molecule has 1 aliphatic rings. The number of carbonyl (C=O) groups excluding carboxylic acids is 1. The molecule has 1 aliphatic carbocycles. The average Bonchev–Trinajstić information content (AvgIpc) is 2.86. The molecule has 0 aliphatic heterocycles. The largest absolute Gasteiger partial charge is 0.479 e. The lowest BCUT2D eigenvalue weighted by Crippen LogP contribution is -2.52. The molecule has 1 heterocycles. The minimum absolute atomic E-state index is 0.0596. The summed E-state index contributed by atoms with van der Waals surface area (Å²) < 4.78 is 5.40. The van der Waals surface area contributed by atoms with Crippen LogP contribution >= 0.6 is 11.3 Å². The van der Waals surface area contributed by atoms with E-state index in [-0.39, 0.29) is 12.1 Å². The van der Waals surface area contributed by atoms with Crippen LogP contribution in [0.3, 0.4) is 0 Å². The van der Waals surface area contributed by atoms with Gasteiger partial charge in [0.2, 0.25) is 0 Å². The van der Waals surface area contributed by atoms with E-state index >= 15 is 0 Å². The van der Waals surface area contributed by atoms with Crippen LogP contribution in [-0.4, -0.2) is 35.9 Å². The Hall–Kier alpha value is -1.60. The first-order valence-electron chi connectivity index (χ1n) is 6.55. The van der Waals surface area contributed by atoms with Gasteiger partial charge >= 0.3 is 12.0 Å². The Bertz CT molecular complexity index is 457. The van der Waals surface area contributed by atoms with Crippen molar-refractivity contribution in [3.8, 4) is 0 Å². The predicted molar refractivity (Wildman–Crippen MR) is 74.8 cm³/mol. The number of hydrogen-bond donors (Lipinski definition) is 3. The molecule has 20 heavy (non-hydrogen) atoms. The second-order valence-corrected chi connectivity index (χ2v) is 5.63. The quantitative estimate of drug-likeness (QED) is 0.746. The third-order valence-corrected chi connectivity index (χ3v) is 4.12. The second kappa shape index (κ2) is 6.71. The lowest BCUT2D eigenvalue weighted by atomic mass is 9.89. The first kappa shape index (κ1) is 14.8. The van der Waals surface area contributed by atoms with Gasteiger partial charge in [0.25, 0.3) is 0 Å². The number of carboxylic acids is 1. The van der Waals surface area contributed by atoms with Crippen LogP contribution in [0, 0.1) is 0 Å². The van der Waals surface area contributed by atoms with Crippen molar-refractivity contribution in [2.45, 2.75) is 38.0 Å². The number of rotatable bonds is 6. The Balaban J connectivity index is 1.80. The fraction of sp³-hybridized carbons (Fsp3) is 0.538. The molecule has 0 bridgehead atoms. The monoisotopic (exact) mass is 298 g/mol. The zero-order valence-corrected chi connectivity index (χ0v) is 12.0. The summed E-state index contributed by atoms with van der Waals surface area (Å²) in [5, 5.41) is 16.2. The highest BCUT2D eigenvalue weighted by Gasteiger charge is 2.32. The summed E-state index contributed by atoms with van der Waals surface area (Å²) in [6.07, 6.45) is 1.76. The zero-order chi connectivity index (χ0) is 14.5. The first-order chi connectivity index (χ1) is 9.60. The summed E-state index contributed by atoms with van der Waals surface area (Å²) in [6.45, 7) is 2.61. The lowest BCUT2D eigenvalue weighted by Gasteiger charge is -2.35. The fourth-order valence-corrected chi connectivity index (χ4v) is 2.89. The van der Waals surface area contributed by atoms with Crippen LogP contribution in [0.5, 0.6) is 0 Å². The molecular weight excluding hydrogens is 280 g/mol. The van der Waals surface area contributed by atoms with Crippen molar-refractivity contribution in [3.05, 3.63) is 22.4 Å². The molecule has 7 heteroatoms. The van der Waals surface area contributed by atoms with Gasteiger partial charge in [-0.05, 0) is 31.2 Å². The van der Waals surface area contributed by atoms with Crippen LogP contribution in [0.4, 0.5) is 4.79 Å². The molecule has 2 amide bonds. The second-order valence-electron chi connectivity index (χ2n) is 4.65.